The summed E-state index contributed by atoms with van der Waals surface area (Å²) in [6.07, 6.45) is 5.39. The van der Waals surface area contributed by atoms with E-state index < -0.39 is 0 Å². The van der Waals surface area contributed by atoms with Crippen molar-refractivity contribution in [3.05, 3.63) is 65.1 Å². The summed E-state index contributed by atoms with van der Waals surface area (Å²) in [5.41, 5.74) is 5.14. The number of H-pyrrole nitrogens is 1. The van der Waals surface area contributed by atoms with Crippen LogP contribution in [-0.2, 0) is 6.54 Å². The van der Waals surface area contributed by atoms with Gasteiger partial charge in [0.05, 0.1) is 22.6 Å². The molecule has 0 aliphatic rings. The third-order valence-electron chi connectivity index (χ3n) is 3.35. The van der Waals surface area contributed by atoms with Crippen LogP contribution in [0.4, 0.5) is 5.69 Å². The predicted molar refractivity (Wildman–Crippen MR) is 85.3 cm³/mol. The van der Waals surface area contributed by atoms with Crippen molar-refractivity contribution >= 4 is 17.3 Å². The Balaban J connectivity index is 1.83. The smallest absolute Gasteiger partial charge is 0.0715 e. The van der Waals surface area contributed by atoms with Gasteiger partial charge in [-0.3, -0.25) is 10.1 Å². The molecule has 0 unspecified atom stereocenters. The molecule has 0 atom stereocenters. The van der Waals surface area contributed by atoms with Gasteiger partial charge in [-0.15, -0.1) is 0 Å². The van der Waals surface area contributed by atoms with Gasteiger partial charge in [0.2, 0.25) is 0 Å². The first-order valence-corrected chi connectivity index (χ1v) is 7.05. The molecule has 2 heterocycles. The molecule has 2 N–H and O–H groups in total. The molecule has 4 nitrogen and oxygen atoms in total. The molecule has 0 radical (unpaired) electrons. The fourth-order valence-electron chi connectivity index (χ4n) is 2.25. The van der Waals surface area contributed by atoms with E-state index in [-0.39, 0.29) is 0 Å². The summed E-state index contributed by atoms with van der Waals surface area (Å²) in [5, 5.41) is 11.3. The fourth-order valence-corrected chi connectivity index (χ4v) is 2.53. The molecule has 0 fully saturated rings. The maximum Gasteiger partial charge on any atom is 0.0715 e. The molecule has 2 aromatic heterocycles. The zero-order chi connectivity index (χ0) is 14.7. The number of aromatic nitrogens is 3. The van der Waals surface area contributed by atoms with E-state index in [1.165, 1.54) is 0 Å². The Morgan fingerprint density at radius 2 is 2.10 bits per heavy atom. The van der Waals surface area contributed by atoms with E-state index in [0.29, 0.717) is 6.54 Å². The van der Waals surface area contributed by atoms with Gasteiger partial charge < -0.3 is 5.32 Å². The van der Waals surface area contributed by atoms with Crippen LogP contribution in [0.5, 0.6) is 0 Å². The molecule has 0 spiro atoms. The van der Waals surface area contributed by atoms with Crippen molar-refractivity contribution in [3.8, 4) is 11.3 Å². The molecule has 3 aromatic rings. The Hall–Kier alpha value is -2.33. The zero-order valence-electron chi connectivity index (χ0n) is 11.6. The summed E-state index contributed by atoms with van der Waals surface area (Å²) in [6, 6.07) is 9.78. The van der Waals surface area contributed by atoms with E-state index in [2.05, 4.69) is 20.5 Å². The molecule has 106 valence electrons. The third-order valence-corrected chi connectivity index (χ3v) is 3.66. The lowest BCUT2D eigenvalue weighted by atomic mass is 10.1. The predicted octanol–water partition coefficient (Wildman–Crippen LogP) is 4.05. The highest BCUT2D eigenvalue weighted by Crippen LogP contribution is 2.27. The van der Waals surface area contributed by atoms with Crippen LogP contribution in [0.2, 0.25) is 5.02 Å². The number of anilines is 1. The number of para-hydroxylation sites is 1. The number of halogens is 1. The van der Waals surface area contributed by atoms with E-state index >= 15 is 0 Å². The van der Waals surface area contributed by atoms with Crippen LogP contribution in [0.25, 0.3) is 11.3 Å². The van der Waals surface area contributed by atoms with Crippen LogP contribution in [0.15, 0.2) is 48.9 Å². The Morgan fingerprint density at radius 1 is 1.19 bits per heavy atom. The van der Waals surface area contributed by atoms with Gasteiger partial charge in [0, 0.05) is 30.1 Å². The Bertz CT molecular complexity index is 717. The van der Waals surface area contributed by atoms with Crippen molar-refractivity contribution in [2.75, 3.05) is 5.32 Å². The van der Waals surface area contributed by atoms with Crippen molar-refractivity contribution in [3.63, 3.8) is 0 Å². The molecule has 0 saturated heterocycles. The number of pyridine rings is 1. The summed E-state index contributed by atoms with van der Waals surface area (Å²) in [6.45, 7) is 2.68. The lowest BCUT2D eigenvalue weighted by Gasteiger charge is -2.11. The minimum absolute atomic E-state index is 0.644. The number of rotatable bonds is 4. The van der Waals surface area contributed by atoms with E-state index in [4.69, 9.17) is 11.6 Å². The largest absolute Gasteiger partial charge is 0.379 e. The van der Waals surface area contributed by atoms with E-state index in [1.54, 1.807) is 6.20 Å². The monoisotopic (exact) mass is 298 g/mol. The summed E-state index contributed by atoms with van der Waals surface area (Å²) < 4.78 is 0. The quantitative estimate of drug-likeness (QED) is 0.764. The van der Waals surface area contributed by atoms with Crippen molar-refractivity contribution in [2.24, 2.45) is 0 Å². The first kappa shape index (κ1) is 13.6. The van der Waals surface area contributed by atoms with Gasteiger partial charge >= 0.3 is 0 Å². The van der Waals surface area contributed by atoms with Gasteiger partial charge in [0.15, 0.2) is 0 Å². The minimum Gasteiger partial charge on any atom is -0.379 e. The van der Waals surface area contributed by atoms with Crippen molar-refractivity contribution in [1.82, 2.24) is 15.2 Å². The van der Waals surface area contributed by atoms with Crippen LogP contribution in [0.3, 0.4) is 0 Å². The SMILES string of the molecule is Cc1cccc(Cl)c1NCc1cn[nH]c1-c1cccnc1. The maximum atomic E-state index is 6.23. The minimum atomic E-state index is 0.644. The first-order chi connectivity index (χ1) is 10.3. The average molecular weight is 299 g/mol. The van der Waals surface area contributed by atoms with Gasteiger partial charge in [-0.05, 0) is 30.7 Å². The van der Waals surface area contributed by atoms with Gasteiger partial charge in [-0.2, -0.15) is 5.10 Å². The van der Waals surface area contributed by atoms with E-state index in [0.717, 1.165) is 33.1 Å². The number of benzene rings is 1. The fraction of sp³-hybridized carbons (Fsp3) is 0.125. The van der Waals surface area contributed by atoms with Crippen LogP contribution >= 0.6 is 11.6 Å². The van der Waals surface area contributed by atoms with Gasteiger partial charge in [0.1, 0.15) is 0 Å². The topological polar surface area (TPSA) is 53.6 Å². The van der Waals surface area contributed by atoms with Gasteiger partial charge in [0.25, 0.3) is 0 Å². The van der Waals surface area contributed by atoms with Crippen molar-refractivity contribution in [1.29, 1.82) is 0 Å². The number of nitrogens with zero attached hydrogens (tertiary/aromatic N) is 2. The lowest BCUT2D eigenvalue weighted by molar-refractivity contribution is 1.09. The standard InChI is InChI=1S/C16H15ClN4/c1-11-4-2-6-14(17)15(11)19-9-13-10-20-21-16(13)12-5-3-7-18-8-12/h2-8,10,19H,9H2,1H3,(H,20,21). The number of aryl methyl sites for hydroxylation is 1. The number of nitrogens with one attached hydrogen (secondary N) is 2. The molecule has 1 aromatic carbocycles. The molecular formula is C16H15ClN4. The maximum absolute atomic E-state index is 6.23. The lowest BCUT2D eigenvalue weighted by Crippen LogP contribution is -2.02. The molecular weight excluding hydrogens is 284 g/mol. The van der Waals surface area contributed by atoms with E-state index in [9.17, 15) is 0 Å². The Morgan fingerprint density at radius 3 is 2.86 bits per heavy atom. The summed E-state index contributed by atoms with van der Waals surface area (Å²) in [4.78, 5) is 4.14. The van der Waals surface area contributed by atoms with E-state index in [1.807, 2.05) is 49.6 Å². The summed E-state index contributed by atoms with van der Waals surface area (Å²) in [7, 11) is 0. The van der Waals surface area contributed by atoms with Crippen LogP contribution < -0.4 is 5.32 Å². The summed E-state index contributed by atoms with van der Waals surface area (Å²) in [5.74, 6) is 0. The highest BCUT2D eigenvalue weighted by Gasteiger charge is 2.09. The van der Waals surface area contributed by atoms with Gasteiger partial charge in [-0.1, -0.05) is 23.7 Å². The van der Waals surface area contributed by atoms with Crippen LogP contribution in [0, 0.1) is 6.92 Å². The highest BCUT2D eigenvalue weighted by atomic mass is 35.5. The number of aromatic amines is 1. The molecule has 0 saturated carbocycles. The Labute approximate surface area is 128 Å². The molecule has 0 aliphatic carbocycles. The molecule has 0 amide bonds. The highest BCUT2D eigenvalue weighted by molar-refractivity contribution is 6.33. The molecule has 3 rings (SSSR count). The number of hydrogen-bond donors (Lipinski definition) is 2. The van der Waals surface area contributed by atoms with Crippen molar-refractivity contribution < 1.29 is 0 Å². The average Bonchev–Trinajstić information content (AvgIpc) is 2.96. The number of hydrogen-bond acceptors (Lipinski definition) is 3. The normalized spacial score (nSPS) is 10.6. The third kappa shape index (κ3) is 2.90. The summed E-state index contributed by atoms with van der Waals surface area (Å²) >= 11 is 6.23. The van der Waals surface area contributed by atoms with Crippen molar-refractivity contribution in [2.45, 2.75) is 13.5 Å². The molecule has 0 aliphatic heterocycles. The second-order valence-electron chi connectivity index (χ2n) is 4.80. The second kappa shape index (κ2) is 5.97. The molecule has 5 heteroatoms. The zero-order valence-corrected chi connectivity index (χ0v) is 12.4. The first-order valence-electron chi connectivity index (χ1n) is 6.67. The van der Waals surface area contributed by atoms with Crippen LogP contribution in [0.1, 0.15) is 11.1 Å². The van der Waals surface area contributed by atoms with Gasteiger partial charge in [-0.25, -0.2) is 0 Å². The Kier molecular flexibility index (Phi) is 3.88. The molecule has 0 bridgehead atoms. The van der Waals surface area contributed by atoms with Crippen LogP contribution in [-0.4, -0.2) is 15.2 Å². The second-order valence-corrected chi connectivity index (χ2v) is 5.20. The molecule has 21 heavy (non-hydrogen) atoms.